The Bertz CT molecular complexity index is 1680. The Labute approximate surface area is 220 Å². The maximum Gasteiger partial charge on any atom is 0.333 e. The van der Waals surface area contributed by atoms with E-state index in [-0.39, 0.29) is 28.0 Å². The highest BCUT2D eigenvalue weighted by atomic mass is 32.2. The van der Waals surface area contributed by atoms with Crippen molar-refractivity contribution in [2.24, 2.45) is 0 Å². The molecule has 0 atom stereocenters. The Morgan fingerprint density at radius 1 is 1.05 bits per heavy atom. The largest absolute Gasteiger partial charge is 0.384 e. The number of rotatable bonds is 8. The number of hydrogen-bond acceptors (Lipinski definition) is 7. The molecule has 2 N–H and O–H groups in total. The molecule has 0 radical (unpaired) electrons. The van der Waals surface area contributed by atoms with Gasteiger partial charge in [0.2, 0.25) is 0 Å². The lowest BCUT2D eigenvalue weighted by Gasteiger charge is -2.24. The topological polar surface area (TPSA) is 120 Å². The first-order valence-corrected chi connectivity index (χ1v) is 12.9. The maximum atomic E-state index is 16.1. The van der Waals surface area contributed by atoms with Gasteiger partial charge in [0.05, 0.1) is 5.56 Å². The smallest absolute Gasteiger partial charge is 0.333 e. The van der Waals surface area contributed by atoms with E-state index in [0.717, 1.165) is 6.07 Å². The van der Waals surface area contributed by atoms with Crippen molar-refractivity contribution in [1.29, 1.82) is 0 Å². The monoisotopic (exact) mass is 563 g/mol. The SMILES string of the molecule is CCC(=O)ON(c1ccc(F)c(-c2nn(CC)cc2-c2ccnc(N)c2)c1F)S(=O)(=O)c1cc(F)ccc1F. The van der Waals surface area contributed by atoms with Crippen molar-refractivity contribution in [3.63, 3.8) is 0 Å². The highest BCUT2D eigenvalue weighted by Gasteiger charge is 2.36. The zero-order valence-corrected chi connectivity index (χ0v) is 21.3. The molecular formula is C25H21F4N5O4S. The zero-order chi connectivity index (χ0) is 28.5. The van der Waals surface area contributed by atoms with Gasteiger partial charge < -0.3 is 10.6 Å². The number of halogens is 4. The van der Waals surface area contributed by atoms with Crippen LogP contribution in [0.4, 0.5) is 29.1 Å². The van der Waals surface area contributed by atoms with E-state index in [0.29, 0.717) is 36.4 Å². The third-order valence-corrected chi connectivity index (χ3v) is 7.12. The van der Waals surface area contributed by atoms with E-state index in [1.165, 1.54) is 36.1 Å². The van der Waals surface area contributed by atoms with Gasteiger partial charge in [0.1, 0.15) is 39.5 Å². The van der Waals surface area contributed by atoms with Crippen LogP contribution in [-0.2, 0) is 26.2 Å². The Hall–Kier alpha value is -4.46. The molecule has 9 nitrogen and oxygen atoms in total. The van der Waals surface area contributed by atoms with E-state index in [9.17, 15) is 22.0 Å². The van der Waals surface area contributed by atoms with Gasteiger partial charge in [0.25, 0.3) is 10.0 Å². The molecule has 0 saturated heterocycles. The van der Waals surface area contributed by atoms with Crippen molar-refractivity contribution < 1.29 is 35.6 Å². The van der Waals surface area contributed by atoms with Crippen molar-refractivity contribution >= 4 is 27.5 Å². The van der Waals surface area contributed by atoms with Crippen molar-refractivity contribution in [2.75, 3.05) is 10.2 Å². The molecule has 14 heteroatoms. The molecule has 0 bridgehead atoms. The predicted molar refractivity (Wildman–Crippen MR) is 133 cm³/mol. The van der Waals surface area contributed by atoms with Gasteiger partial charge in [-0.15, -0.1) is 0 Å². The summed E-state index contributed by atoms with van der Waals surface area (Å²) in [5.74, 6) is -6.16. The number of anilines is 2. The number of hydrogen-bond donors (Lipinski definition) is 1. The van der Waals surface area contributed by atoms with Crippen LogP contribution in [0.3, 0.4) is 0 Å². The molecule has 0 unspecified atom stereocenters. The number of aryl methyl sites for hydroxylation is 1. The first kappa shape index (κ1) is 27.6. The Balaban J connectivity index is 1.97. The van der Waals surface area contributed by atoms with Crippen LogP contribution in [0.25, 0.3) is 22.4 Å². The van der Waals surface area contributed by atoms with Gasteiger partial charge in [0.15, 0.2) is 5.82 Å². The highest BCUT2D eigenvalue weighted by Crippen LogP contribution is 2.39. The molecule has 2 aromatic heterocycles. The van der Waals surface area contributed by atoms with E-state index in [4.69, 9.17) is 10.6 Å². The fraction of sp³-hybridized carbons (Fsp3) is 0.160. The van der Waals surface area contributed by atoms with Crippen LogP contribution < -0.4 is 10.2 Å². The second kappa shape index (κ2) is 10.7. The van der Waals surface area contributed by atoms with Gasteiger partial charge in [-0.1, -0.05) is 11.4 Å². The van der Waals surface area contributed by atoms with Crippen LogP contribution in [0.2, 0.25) is 0 Å². The lowest BCUT2D eigenvalue weighted by molar-refractivity contribution is -0.142. The molecule has 0 aliphatic rings. The number of carbonyl (C=O) groups excluding carboxylic acids is 1. The lowest BCUT2D eigenvalue weighted by atomic mass is 10.0. The van der Waals surface area contributed by atoms with Gasteiger partial charge in [-0.05, 0) is 55.0 Å². The van der Waals surface area contributed by atoms with Gasteiger partial charge >= 0.3 is 5.97 Å². The summed E-state index contributed by atoms with van der Waals surface area (Å²) in [5, 5.41) is 4.24. The summed E-state index contributed by atoms with van der Waals surface area (Å²) in [6.07, 6.45) is 2.53. The van der Waals surface area contributed by atoms with Gasteiger partial charge in [-0.3, -0.25) is 4.68 Å². The third kappa shape index (κ3) is 5.27. The maximum absolute atomic E-state index is 16.1. The van der Waals surface area contributed by atoms with E-state index < -0.39 is 55.4 Å². The molecule has 0 spiro atoms. The van der Waals surface area contributed by atoms with Crippen molar-refractivity contribution in [2.45, 2.75) is 31.7 Å². The van der Waals surface area contributed by atoms with Crippen LogP contribution >= 0.6 is 0 Å². The van der Waals surface area contributed by atoms with E-state index in [1.807, 2.05) is 0 Å². The molecule has 0 amide bonds. The zero-order valence-electron chi connectivity index (χ0n) is 20.5. The molecule has 204 valence electrons. The first-order chi connectivity index (χ1) is 18.5. The lowest BCUT2D eigenvalue weighted by Crippen LogP contribution is -2.35. The first-order valence-electron chi connectivity index (χ1n) is 11.5. The Morgan fingerprint density at radius 3 is 2.44 bits per heavy atom. The summed E-state index contributed by atoms with van der Waals surface area (Å²) in [7, 11) is -5.25. The average molecular weight is 564 g/mol. The molecular weight excluding hydrogens is 542 g/mol. The fourth-order valence-corrected chi connectivity index (χ4v) is 4.98. The number of nitrogens with zero attached hydrogens (tertiary/aromatic N) is 4. The fourth-order valence-electron chi connectivity index (χ4n) is 3.64. The number of pyridine rings is 1. The molecule has 0 saturated carbocycles. The summed E-state index contributed by atoms with van der Waals surface area (Å²) in [4.78, 5) is 19.7. The van der Waals surface area contributed by atoms with Crippen LogP contribution in [-0.4, -0.2) is 29.2 Å². The number of sulfonamides is 1. The van der Waals surface area contributed by atoms with Gasteiger partial charge in [-0.25, -0.2) is 27.3 Å². The number of aromatic nitrogens is 3. The molecule has 4 rings (SSSR count). The Morgan fingerprint density at radius 2 is 1.77 bits per heavy atom. The van der Waals surface area contributed by atoms with Crippen molar-refractivity contribution in [1.82, 2.24) is 14.8 Å². The van der Waals surface area contributed by atoms with Crippen molar-refractivity contribution in [3.05, 3.63) is 78.1 Å². The van der Waals surface area contributed by atoms with Gasteiger partial charge in [0, 0.05) is 30.9 Å². The molecule has 0 aliphatic heterocycles. The molecule has 39 heavy (non-hydrogen) atoms. The normalized spacial score (nSPS) is 11.4. The summed E-state index contributed by atoms with van der Waals surface area (Å²) >= 11 is 0. The number of nitrogens with two attached hydrogens (primary N) is 1. The number of benzene rings is 2. The summed E-state index contributed by atoms with van der Waals surface area (Å²) < 4.78 is 87.6. The summed E-state index contributed by atoms with van der Waals surface area (Å²) in [5.41, 5.74) is 4.45. The minimum Gasteiger partial charge on any atom is -0.384 e. The third-order valence-electron chi connectivity index (χ3n) is 5.54. The van der Waals surface area contributed by atoms with E-state index in [1.54, 1.807) is 6.92 Å². The van der Waals surface area contributed by atoms with E-state index in [2.05, 4.69) is 10.1 Å². The minimum absolute atomic E-state index is 0.123. The van der Waals surface area contributed by atoms with Crippen molar-refractivity contribution in [3.8, 4) is 22.4 Å². The predicted octanol–water partition coefficient (Wildman–Crippen LogP) is 4.83. The summed E-state index contributed by atoms with van der Waals surface area (Å²) in [6.45, 7) is 3.37. The second-order valence-electron chi connectivity index (χ2n) is 8.10. The molecule has 2 aromatic carbocycles. The summed E-state index contributed by atoms with van der Waals surface area (Å²) in [6, 6.07) is 5.95. The molecule has 4 aromatic rings. The average Bonchev–Trinajstić information content (AvgIpc) is 3.33. The van der Waals surface area contributed by atoms with Crippen LogP contribution in [0.15, 0.2) is 59.8 Å². The highest BCUT2D eigenvalue weighted by molar-refractivity contribution is 7.92. The van der Waals surface area contributed by atoms with Crippen LogP contribution in [0.5, 0.6) is 0 Å². The number of nitrogen functional groups attached to an aromatic ring is 1. The second-order valence-corrected chi connectivity index (χ2v) is 9.82. The van der Waals surface area contributed by atoms with Crippen LogP contribution in [0, 0.1) is 23.3 Å². The Kier molecular flexibility index (Phi) is 7.58. The quantitative estimate of drug-likeness (QED) is 0.241. The number of carbonyl (C=O) groups is 1. The minimum atomic E-state index is -5.25. The molecule has 0 aliphatic carbocycles. The standard InChI is InChI=1S/C25H21F4N5O4S/c1-3-22(35)38-34(39(36,37)20-12-15(26)5-6-17(20)27)19-8-7-18(28)23(24(19)29)25-16(13-33(4-2)32-25)14-9-10-31-21(30)11-14/h5-13H,3-4H2,1-2H3,(H2,30,31). The van der Waals surface area contributed by atoms with E-state index >= 15 is 8.78 Å². The van der Waals surface area contributed by atoms with Gasteiger partial charge in [-0.2, -0.15) is 13.5 Å². The van der Waals surface area contributed by atoms with Crippen LogP contribution in [0.1, 0.15) is 20.3 Å². The molecule has 2 heterocycles. The molecule has 0 fully saturated rings.